The lowest BCUT2D eigenvalue weighted by molar-refractivity contribution is 0.291. The zero-order valence-electron chi connectivity index (χ0n) is 19.9. The average molecular weight is 471 g/mol. The van der Waals surface area contributed by atoms with Gasteiger partial charge in [-0.05, 0) is 37.5 Å². The Morgan fingerprint density at radius 3 is 2.54 bits per heavy atom. The summed E-state index contributed by atoms with van der Waals surface area (Å²) in [6, 6.07) is 8.20. The Hall–Kier alpha value is -4.14. The molecule has 0 spiro atoms. The molecule has 1 fully saturated rings. The Kier molecular flexibility index (Phi) is 5.24. The van der Waals surface area contributed by atoms with E-state index >= 15 is 0 Å². The third-order valence-electron chi connectivity index (χ3n) is 6.84. The molecule has 1 aromatic carbocycles. The van der Waals surface area contributed by atoms with Crippen LogP contribution < -0.4 is 14.2 Å². The molecule has 0 saturated heterocycles. The van der Waals surface area contributed by atoms with Gasteiger partial charge in [-0.1, -0.05) is 0 Å². The van der Waals surface area contributed by atoms with Crippen LogP contribution in [0.4, 0.5) is 0 Å². The first-order valence-corrected chi connectivity index (χ1v) is 11.6. The van der Waals surface area contributed by atoms with Crippen LogP contribution in [0.2, 0.25) is 0 Å². The van der Waals surface area contributed by atoms with Crippen molar-refractivity contribution in [3.8, 4) is 28.8 Å². The van der Waals surface area contributed by atoms with Crippen molar-refractivity contribution in [2.75, 3.05) is 21.3 Å². The molecule has 178 valence electrons. The van der Waals surface area contributed by atoms with Crippen LogP contribution in [0.5, 0.6) is 17.2 Å². The van der Waals surface area contributed by atoms with Crippen LogP contribution in [-0.4, -0.2) is 50.6 Å². The normalized spacial score (nSPS) is 13.8. The molecule has 0 bridgehead atoms. The highest BCUT2D eigenvalue weighted by atomic mass is 16.5. The summed E-state index contributed by atoms with van der Waals surface area (Å²) in [6.07, 6.45) is 10.7. The third-order valence-corrected chi connectivity index (χ3v) is 6.84. The van der Waals surface area contributed by atoms with E-state index in [9.17, 15) is 0 Å². The molecule has 4 aromatic heterocycles. The number of ether oxygens (including phenoxy) is 3. The molecule has 0 aliphatic heterocycles. The van der Waals surface area contributed by atoms with Crippen LogP contribution in [0.1, 0.15) is 30.9 Å². The quantitative estimate of drug-likeness (QED) is 0.342. The summed E-state index contributed by atoms with van der Waals surface area (Å²) in [7, 11) is 4.97. The average Bonchev–Trinajstić information content (AvgIpc) is 3.42. The van der Waals surface area contributed by atoms with E-state index in [0.717, 1.165) is 57.5 Å². The summed E-state index contributed by atoms with van der Waals surface area (Å²) in [5, 5.41) is 6.62. The van der Waals surface area contributed by atoms with Gasteiger partial charge in [0, 0.05) is 34.8 Å². The van der Waals surface area contributed by atoms with Gasteiger partial charge in [0.1, 0.15) is 22.8 Å². The molecule has 4 heterocycles. The van der Waals surface area contributed by atoms with E-state index in [-0.39, 0.29) is 0 Å². The lowest BCUT2D eigenvalue weighted by atomic mass is 9.93. The van der Waals surface area contributed by atoms with Crippen molar-refractivity contribution in [3.05, 3.63) is 54.6 Å². The monoisotopic (exact) mass is 470 g/mol. The minimum atomic E-state index is 0.354. The first kappa shape index (κ1) is 21.4. The molecule has 0 radical (unpaired) electrons. The van der Waals surface area contributed by atoms with E-state index in [4.69, 9.17) is 24.2 Å². The fraction of sp³-hybridized carbons (Fsp3) is 0.308. The number of methoxy groups -OCH3 is 3. The Balaban J connectivity index is 1.54. The highest BCUT2D eigenvalue weighted by molar-refractivity contribution is 6.06. The van der Waals surface area contributed by atoms with Gasteiger partial charge in [-0.25, -0.2) is 9.97 Å². The molecule has 0 N–H and O–H groups in total. The van der Waals surface area contributed by atoms with Gasteiger partial charge >= 0.3 is 0 Å². The first-order chi connectivity index (χ1) is 17.2. The largest absolute Gasteiger partial charge is 0.497 e. The summed E-state index contributed by atoms with van der Waals surface area (Å²) >= 11 is 0. The van der Waals surface area contributed by atoms with E-state index in [1.807, 2.05) is 41.3 Å². The van der Waals surface area contributed by atoms with E-state index in [0.29, 0.717) is 24.2 Å². The summed E-state index contributed by atoms with van der Waals surface area (Å²) in [4.78, 5) is 14.2. The number of aromatic nitrogens is 6. The number of hydrogen-bond acceptors (Lipinski definition) is 7. The fourth-order valence-electron chi connectivity index (χ4n) is 4.76. The molecule has 1 aliphatic carbocycles. The second-order valence-electron chi connectivity index (χ2n) is 8.68. The molecule has 1 saturated carbocycles. The zero-order valence-corrected chi connectivity index (χ0v) is 19.9. The molecule has 1 aliphatic rings. The van der Waals surface area contributed by atoms with E-state index < -0.39 is 0 Å². The summed E-state index contributed by atoms with van der Waals surface area (Å²) in [5.74, 6) is 2.77. The van der Waals surface area contributed by atoms with Crippen LogP contribution in [0.15, 0.2) is 49.1 Å². The lowest BCUT2D eigenvalue weighted by Gasteiger charge is -2.27. The Bertz CT molecular complexity index is 1540. The lowest BCUT2D eigenvalue weighted by Crippen LogP contribution is -2.19. The molecular weight excluding hydrogens is 444 g/mol. The van der Waals surface area contributed by atoms with Crippen LogP contribution in [0.3, 0.4) is 0 Å². The van der Waals surface area contributed by atoms with Gasteiger partial charge in [-0.2, -0.15) is 5.10 Å². The number of pyridine rings is 1. The van der Waals surface area contributed by atoms with Gasteiger partial charge in [-0.15, -0.1) is 0 Å². The minimum absolute atomic E-state index is 0.354. The molecule has 0 unspecified atom stereocenters. The SMILES string of the molecule is COc1ccc(Cn2c3cnccc3c3cnc(-c4c(OC)cnn4C4CCC4)nc32)c(OC)c1. The smallest absolute Gasteiger partial charge is 0.183 e. The molecule has 35 heavy (non-hydrogen) atoms. The van der Waals surface area contributed by atoms with Crippen molar-refractivity contribution in [1.29, 1.82) is 0 Å². The predicted molar refractivity (Wildman–Crippen MR) is 132 cm³/mol. The van der Waals surface area contributed by atoms with E-state index in [2.05, 4.69) is 14.6 Å². The number of fused-ring (bicyclic) bond motifs is 3. The first-order valence-electron chi connectivity index (χ1n) is 11.6. The van der Waals surface area contributed by atoms with Gasteiger partial charge in [0.05, 0.1) is 51.8 Å². The minimum Gasteiger partial charge on any atom is -0.497 e. The molecule has 0 amide bonds. The third kappa shape index (κ3) is 3.46. The number of benzene rings is 1. The van der Waals surface area contributed by atoms with E-state index in [1.54, 1.807) is 33.7 Å². The van der Waals surface area contributed by atoms with Crippen LogP contribution in [-0.2, 0) is 6.54 Å². The molecule has 6 rings (SSSR count). The van der Waals surface area contributed by atoms with Gasteiger partial charge in [0.2, 0.25) is 0 Å². The zero-order chi connectivity index (χ0) is 23.9. The molecule has 9 heteroatoms. The van der Waals surface area contributed by atoms with Crippen molar-refractivity contribution >= 4 is 21.9 Å². The van der Waals surface area contributed by atoms with Crippen molar-refractivity contribution in [2.45, 2.75) is 31.8 Å². The maximum Gasteiger partial charge on any atom is 0.183 e. The van der Waals surface area contributed by atoms with E-state index in [1.165, 1.54) is 6.42 Å². The van der Waals surface area contributed by atoms with Crippen LogP contribution >= 0.6 is 0 Å². The number of nitrogens with zero attached hydrogens (tertiary/aromatic N) is 6. The summed E-state index contributed by atoms with van der Waals surface area (Å²) in [5.41, 5.74) is 3.62. The molecule has 0 atom stereocenters. The molecule has 9 nitrogen and oxygen atoms in total. The molecule has 5 aromatic rings. The fourth-order valence-corrected chi connectivity index (χ4v) is 4.76. The van der Waals surface area contributed by atoms with Gasteiger partial charge in [0.25, 0.3) is 0 Å². The second kappa shape index (κ2) is 8.57. The number of rotatable bonds is 7. The van der Waals surface area contributed by atoms with Crippen LogP contribution in [0.25, 0.3) is 33.5 Å². The predicted octanol–water partition coefficient (Wildman–Crippen LogP) is 4.64. The summed E-state index contributed by atoms with van der Waals surface area (Å²) in [6.45, 7) is 0.550. The number of hydrogen-bond donors (Lipinski definition) is 0. The van der Waals surface area contributed by atoms with Gasteiger partial charge in [0.15, 0.2) is 11.6 Å². The highest BCUT2D eigenvalue weighted by Crippen LogP contribution is 2.39. The maximum absolute atomic E-state index is 5.66. The summed E-state index contributed by atoms with van der Waals surface area (Å²) < 4.78 is 20.9. The van der Waals surface area contributed by atoms with Crippen molar-refractivity contribution < 1.29 is 14.2 Å². The maximum atomic E-state index is 5.66. The van der Waals surface area contributed by atoms with Gasteiger partial charge < -0.3 is 18.8 Å². The Morgan fingerprint density at radius 2 is 1.80 bits per heavy atom. The Morgan fingerprint density at radius 1 is 0.943 bits per heavy atom. The highest BCUT2D eigenvalue weighted by Gasteiger charge is 2.27. The van der Waals surface area contributed by atoms with Crippen molar-refractivity contribution in [3.63, 3.8) is 0 Å². The van der Waals surface area contributed by atoms with Crippen molar-refractivity contribution in [1.82, 2.24) is 29.3 Å². The standard InChI is InChI=1S/C26H26N6O3/c1-33-18-8-7-16(22(11-18)34-2)15-31-21-13-27-10-9-19(21)20-12-28-25(30-26(20)31)24-23(35-3)14-29-32(24)17-5-4-6-17/h7-14,17H,4-6,15H2,1-3H3. The topological polar surface area (TPSA) is 89.1 Å². The van der Waals surface area contributed by atoms with Crippen molar-refractivity contribution in [2.24, 2.45) is 0 Å². The second-order valence-corrected chi connectivity index (χ2v) is 8.68. The van der Waals surface area contributed by atoms with Crippen LogP contribution in [0, 0.1) is 0 Å². The van der Waals surface area contributed by atoms with Gasteiger partial charge in [-0.3, -0.25) is 9.67 Å². The molecular formula is C26H26N6O3. The Labute approximate surface area is 202 Å².